The molecule has 4 rings (SSSR count). The van der Waals surface area contributed by atoms with Gasteiger partial charge in [-0.3, -0.25) is 4.79 Å². The van der Waals surface area contributed by atoms with Crippen LogP contribution in [-0.2, 0) is 26.3 Å². The van der Waals surface area contributed by atoms with Crippen LogP contribution in [0.1, 0.15) is 30.5 Å². The molecule has 6 heteroatoms. The molecule has 6 nitrogen and oxygen atoms in total. The Morgan fingerprint density at radius 1 is 1.19 bits per heavy atom. The summed E-state index contributed by atoms with van der Waals surface area (Å²) < 4.78 is 13.2. The van der Waals surface area contributed by atoms with Gasteiger partial charge in [-0.05, 0) is 38.0 Å². The summed E-state index contributed by atoms with van der Waals surface area (Å²) >= 11 is 0. The maximum atomic E-state index is 13.2. The van der Waals surface area contributed by atoms with Crippen LogP contribution in [0.15, 0.2) is 60.4 Å². The van der Waals surface area contributed by atoms with Gasteiger partial charge in [-0.1, -0.05) is 42.5 Å². The third-order valence-corrected chi connectivity index (χ3v) is 5.55. The highest BCUT2D eigenvalue weighted by molar-refractivity contribution is 6.10. The predicted octanol–water partition coefficient (Wildman–Crippen LogP) is 4.19. The van der Waals surface area contributed by atoms with Crippen molar-refractivity contribution in [3.63, 3.8) is 0 Å². The molecule has 2 heterocycles. The van der Waals surface area contributed by atoms with Crippen LogP contribution < -0.4 is 4.74 Å². The summed E-state index contributed by atoms with van der Waals surface area (Å²) in [5.41, 5.74) is 1.30. The van der Waals surface area contributed by atoms with E-state index in [1.165, 1.54) is 13.2 Å². The average molecular weight is 414 g/mol. The monoisotopic (exact) mass is 414 g/mol. The Hall–Kier alpha value is -3.85. The minimum absolute atomic E-state index is 0.0275. The van der Waals surface area contributed by atoms with Crippen molar-refractivity contribution in [1.82, 2.24) is 4.57 Å². The lowest BCUT2D eigenvalue weighted by Crippen LogP contribution is -2.42. The first-order chi connectivity index (χ1) is 14.9. The topological polar surface area (TPSA) is 81.3 Å². The summed E-state index contributed by atoms with van der Waals surface area (Å²) in [7, 11) is 0. The molecule has 0 radical (unpaired) electrons. The van der Waals surface area contributed by atoms with Crippen molar-refractivity contribution in [2.45, 2.75) is 32.7 Å². The number of aromatic nitrogens is 1. The highest BCUT2D eigenvalue weighted by Crippen LogP contribution is 2.48. The number of Topliss-reactive ketones (excluding diaryl/α,β-unsaturated/α-hetero) is 1. The van der Waals surface area contributed by atoms with Crippen LogP contribution in [0.5, 0.6) is 5.88 Å². The van der Waals surface area contributed by atoms with Crippen molar-refractivity contribution in [2.75, 3.05) is 6.61 Å². The summed E-state index contributed by atoms with van der Waals surface area (Å²) in [5.74, 6) is -0.830. The summed E-state index contributed by atoms with van der Waals surface area (Å²) in [4.78, 5) is 25.7. The van der Waals surface area contributed by atoms with E-state index in [1.54, 1.807) is 6.92 Å². The molecule has 1 unspecified atom stereocenters. The van der Waals surface area contributed by atoms with Gasteiger partial charge in [0.2, 0.25) is 11.3 Å². The Labute approximate surface area is 180 Å². The van der Waals surface area contributed by atoms with E-state index in [0.29, 0.717) is 23.4 Å². The number of nitrogens with zero attached hydrogens (tertiary/aromatic N) is 2. The summed E-state index contributed by atoms with van der Waals surface area (Å²) in [6, 6.07) is 17.7. The lowest BCUT2D eigenvalue weighted by molar-refractivity contribution is -0.147. The molecule has 0 N–H and O–H groups in total. The van der Waals surface area contributed by atoms with E-state index >= 15 is 0 Å². The van der Waals surface area contributed by atoms with Crippen molar-refractivity contribution >= 4 is 22.7 Å². The maximum Gasteiger partial charge on any atom is 0.336 e. The molecule has 1 aromatic heterocycles. The first kappa shape index (κ1) is 20.4. The Morgan fingerprint density at radius 3 is 2.58 bits per heavy atom. The minimum Gasteiger partial charge on any atom is -0.464 e. The number of rotatable bonds is 5. The second-order valence-corrected chi connectivity index (χ2v) is 7.56. The van der Waals surface area contributed by atoms with Crippen LogP contribution in [0.25, 0.3) is 10.9 Å². The zero-order chi connectivity index (χ0) is 22.2. The summed E-state index contributed by atoms with van der Waals surface area (Å²) in [6.45, 7) is 5.53. The van der Waals surface area contributed by atoms with Gasteiger partial charge in [0.15, 0.2) is 5.78 Å². The molecule has 0 bridgehead atoms. The van der Waals surface area contributed by atoms with Crippen molar-refractivity contribution in [3.8, 4) is 11.9 Å². The zero-order valence-corrected chi connectivity index (χ0v) is 17.6. The van der Waals surface area contributed by atoms with Crippen molar-refractivity contribution < 1.29 is 19.1 Å². The quantitative estimate of drug-likeness (QED) is 0.585. The van der Waals surface area contributed by atoms with Crippen molar-refractivity contribution in [1.29, 1.82) is 5.26 Å². The first-order valence-electron chi connectivity index (χ1n) is 10.1. The van der Waals surface area contributed by atoms with Gasteiger partial charge in [-0.2, -0.15) is 5.26 Å². The van der Waals surface area contributed by atoms with Crippen LogP contribution >= 0.6 is 0 Å². The summed E-state index contributed by atoms with van der Waals surface area (Å²) in [6.07, 6.45) is 1.22. The molecule has 0 spiro atoms. The molecule has 0 saturated carbocycles. The molecule has 0 aliphatic carbocycles. The third kappa shape index (κ3) is 3.10. The van der Waals surface area contributed by atoms with E-state index in [9.17, 15) is 14.9 Å². The number of benzene rings is 2. The lowest BCUT2D eigenvalue weighted by Gasteiger charge is -2.30. The Morgan fingerprint density at radius 2 is 1.94 bits per heavy atom. The van der Waals surface area contributed by atoms with Crippen LogP contribution in [0.2, 0.25) is 0 Å². The van der Waals surface area contributed by atoms with E-state index in [1.807, 2.05) is 60.0 Å². The number of carbonyl (C=O) groups excluding carboxylic acids is 2. The second kappa shape index (κ2) is 7.77. The van der Waals surface area contributed by atoms with Gasteiger partial charge in [0, 0.05) is 5.39 Å². The van der Waals surface area contributed by atoms with E-state index in [4.69, 9.17) is 9.47 Å². The van der Waals surface area contributed by atoms with Gasteiger partial charge in [0.1, 0.15) is 6.26 Å². The van der Waals surface area contributed by atoms with Gasteiger partial charge >= 0.3 is 5.97 Å². The number of fused-ring (bicyclic) bond motifs is 3. The number of hydrogen-bond acceptors (Lipinski definition) is 5. The number of ether oxygens (including phenoxy) is 2. The molecule has 1 atom stereocenters. The number of esters is 1. The van der Waals surface area contributed by atoms with Gasteiger partial charge in [0.05, 0.1) is 35.9 Å². The lowest BCUT2D eigenvalue weighted by atomic mass is 9.73. The fourth-order valence-corrected chi connectivity index (χ4v) is 4.14. The van der Waals surface area contributed by atoms with E-state index in [2.05, 4.69) is 6.07 Å². The molecule has 1 aliphatic heterocycles. The second-order valence-electron chi connectivity index (χ2n) is 7.56. The molecule has 3 aromatic rings. The smallest absolute Gasteiger partial charge is 0.336 e. The Kier molecular flexibility index (Phi) is 5.12. The summed E-state index contributed by atoms with van der Waals surface area (Å²) in [5, 5.41) is 11.0. The van der Waals surface area contributed by atoms with Gasteiger partial charge in [-0.15, -0.1) is 0 Å². The molecule has 156 valence electrons. The van der Waals surface area contributed by atoms with Crippen molar-refractivity contribution in [2.24, 2.45) is 0 Å². The van der Waals surface area contributed by atoms with Crippen LogP contribution in [0.3, 0.4) is 0 Å². The number of nitriles is 1. The molecule has 31 heavy (non-hydrogen) atoms. The number of aryl methyl sites for hydroxylation is 1. The first-order valence-corrected chi connectivity index (χ1v) is 10.1. The van der Waals surface area contributed by atoms with Gasteiger partial charge in [0.25, 0.3) is 0 Å². The van der Waals surface area contributed by atoms with Gasteiger partial charge in [-0.25, -0.2) is 4.79 Å². The molecule has 0 saturated heterocycles. The fourth-order valence-electron chi connectivity index (χ4n) is 4.14. The maximum absolute atomic E-state index is 13.2. The largest absolute Gasteiger partial charge is 0.464 e. The Balaban J connectivity index is 2.07. The normalized spacial score (nSPS) is 17.3. The number of hydrogen-bond donors (Lipinski definition) is 0. The third-order valence-electron chi connectivity index (χ3n) is 5.55. The highest BCUT2D eigenvalue weighted by Gasteiger charge is 2.54. The van der Waals surface area contributed by atoms with E-state index in [-0.39, 0.29) is 12.2 Å². The van der Waals surface area contributed by atoms with Crippen LogP contribution in [-0.4, -0.2) is 22.9 Å². The SMILES string of the molecule is CCOC(=O)C1(C#N)C(C(C)=O)=COc2c1c1ccc(C)cc1n2Cc1ccccc1. The molecule has 0 amide bonds. The standard InChI is InChI=1S/C25H22N2O4/c1-4-30-24(29)25(15-26)20(17(3)28)14-31-23-22(25)19-11-10-16(2)12-21(19)27(23)13-18-8-6-5-7-9-18/h5-12,14H,4,13H2,1-3H3. The molecule has 0 fully saturated rings. The van der Waals surface area contributed by atoms with Crippen LogP contribution in [0.4, 0.5) is 0 Å². The minimum atomic E-state index is -1.90. The Bertz CT molecular complexity index is 1260. The average Bonchev–Trinajstić information content (AvgIpc) is 3.07. The molecule has 1 aliphatic rings. The number of carbonyl (C=O) groups is 2. The number of ketones is 1. The van der Waals surface area contributed by atoms with E-state index < -0.39 is 17.2 Å². The molecular weight excluding hydrogens is 392 g/mol. The van der Waals surface area contributed by atoms with Crippen molar-refractivity contribution in [3.05, 3.63) is 77.1 Å². The van der Waals surface area contributed by atoms with Crippen LogP contribution in [0, 0.1) is 18.3 Å². The van der Waals surface area contributed by atoms with E-state index in [0.717, 1.165) is 16.6 Å². The molecular formula is C25H22N2O4. The zero-order valence-electron chi connectivity index (χ0n) is 17.6. The van der Waals surface area contributed by atoms with Gasteiger partial charge < -0.3 is 14.0 Å². The highest BCUT2D eigenvalue weighted by atomic mass is 16.5. The predicted molar refractivity (Wildman–Crippen MR) is 116 cm³/mol. The fraction of sp³-hybridized carbons (Fsp3) is 0.240. The molecule has 2 aromatic carbocycles.